The van der Waals surface area contributed by atoms with E-state index < -0.39 is 5.97 Å². The average Bonchev–Trinajstić information content (AvgIpc) is 2.87. The highest BCUT2D eigenvalue weighted by Gasteiger charge is 2.09. The van der Waals surface area contributed by atoms with E-state index >= 15 is 0 Å². The van der Waals surface area contributed by atoms with Crippen molar-refractivity contribution < 1.29 is 23.7 Å². The Bertz CT molecular complexity index is 801. The van der Waals surface area contributed by atoms with Crippen molar-refractivity contribution in [2.24, 2.45) is 0 Å². The van der Waals surface area contributed by atoms with Crippen LogP contribution >= 0.6 is 0 Å². The summed E-state index contributed by atoms with van der Waals surface area (Å²) in [5, 5.41) is 0. The molecule has 0 heterocycles. The number of carbonyl (C=O) groups is 1. The van der Waals surface area contributed by atoms with Gasteiger partial charge >= 0.3 is 5.97 Å². The van der Waals surface area contributed by atoms with Crippen molar-refractivity contribution >= 4 is 5.97 Å². The molecule has 0 fully saturated rings. The van der Waals surface area contributed by atoms with Crippen molar-refractivity contribution in [1.82, 2.24) is 0 Å². The molecule has 2 rings (SSSR count). The van der Waals surface area contributed by atoms with E-state index in [0.717, 1.165) is 37.4 Å². The minimum atomic E-state index is -0.393. The zero-order chi connectivity index (χ0) is 25.1. The molecule has 1 unspecified atom stereocenters. The maximum atomic E-state index is 12.5. The summed E-state index contributed by atoms with van der Waals surface area (Å²) in [5.74, 6) is 1.61. The predicted octanol–water partition coefficient (Wildman–Crippen LogP) is 8.01. The lowest BCUT2D eigenvalue weighted by Gasteiger charge is -2.14. The number of rotatable bonds is 19. The van der Waals surface area contributed by atoms with Crippen molar-refractivity contribution in [3.05, 3.63) is 54.1 Å². The van der Waals surface area contributed by atoms with E-state index in [1.165, 1.54) is 44.9 Å². The number of hydrogen-bond donors (Lipinski definition) is 0. The van der Waals surface area contributed by atoms with E-state index in [-0.39, 0.29) is 6.10 Å². The van der Waals surface area contributed by atoms with Crippen LogP contribution in [-0.4, -0.2) is 31.9 Å². The number of unbranched alkanes of at least 4 members (excludes halogenated alkanes) is 7. The summed E-state index contributed by atoms with van der Waals surface area (Å²) in [5.41, 5.74) is 0.491. The van der Waals surface area contributed by atoms with Crippen LogP contribution in [0.1, 0.15) is 95.3 Å². The Hall–Kier alpha value is -2.53. The zero-order valence-corrected chi connectivity index (χ0v) is 21.9. The second-order valence-electron chi connectivity index (χ2n) is 9.03. The van der Waals surface area contributed by atoms with Crippen molar-refractivity contribution in [1.29, 1.82) is 0 Å². The minimum absolute atomic E-state index is 0.180. The van der Waals surface area contributed by atoms with Crippen LogP contribution in [0.25, 0.3) is 0 Å². The van der Waals surface area contributed by atoms with E-state index in [9.17, 15) is 4.79 Å². The number of carbonyl (C=O) groups excluding carboxylic acids is 1. The van der Waals surface area contributed by atoms with Gasteiger partial charge in [-0.1, -0.05) is 58.8 Å². The van der Waals surface area contributed by atoms with E-state index in [4.69, 9.17) is 18.9 Å². The summed E-state index contributed by atoms with van der Waals surface area (Å²) in [6, 6.07) is 14.2. The van der Waals surface area contributed by atoms with Crippen molar-refractivity contribution in [2.45, 2.75) is 91.1 Å². The van der Waals surface area contributed by atoms with Crippen LogP contribution in [0, 0.1) is 0 Å². The molecular weight excluding hydrogens is 440 g/mol. The highest BCUT2D eigenvalue weighted by atomic mass is 16.5. The van der Waals surface area contributed by atoms with E-state index in [2.05, 4.69) is 20.8 Å². The monoisotopic (exact) mass is 484 g/mol. The van der Waals surface area contributed by atoms with Gasteiger partial charge in [-0.15, -0.1) is 0 Å². The van der Waals surface area contributed by atoms with Crippen LogP contribution < -0.4 is 14.2 Å². The summed E-state index contributed by atoms with van der Waals surface area (Å²) >= 11 is 0. The molecule has 0 saturated heterocycles. The molecule has 194 valence electrons. The highest BCUT2D eigenvalue weighted by Crippen LogP contribution is 2.20. The Balaban J connectivity index is 1.66. The van der Waals surface area contributed by atoms with E-state index in [1.807, 2.05) is 24.3 Å². The standard InChI is InChI=1S/C30H44O5/c1-4-6-8-9-10-12-23-33-27-15-13-26(14-16-27)30(31)35-29-19-17-28(18-20-29)34-24-21-25(3)32-22-11-7-5-2/h13-20,25H,4-12,21-24H2,1-3H3. The number of hydrogen-bond acceptors (Lipinski definition) is 5. The smallest absolute Gasteiger partial charge is 0.343 e. The van der Waals surface area contributed by atoms with E-state index in [0.29, 0.717) is 24.5 Å². The Morgan fingerprint density at radius 2 is 1.17 bits per heavy atom. The predicted molar refractivity (Wildman–Crippen MR) is 142 cm³/mol. The summed E-state index contributed by atoms with van der Waals surface area (Å²) < 4.78 is 22.9. The molecule has 0 aliphatic rings. The zero-order valence-electron chi connectivity index (χ0n) is 21.9. The molecule has 0 N–H and O–H groups in total. The molecule has 1 atom stereocenters. The molecule has 0 amide bonds. The Kier molecular flexibility index (Phi) is 14.6. The molecule has 2 aromatic rings. The van der Waals surface area contributed by atoms with Gasteiger partial charge in [0.1, 0.15) is 17.2 Å². The summed E-state index contributed by atoms with van der Waals surface area (Å²) in [7, 11) is 0. The van der Waals surface area contributed by atoms with Crippen LogP contribution in [0.3, 0.4) is 0 Å². The van der Waals surface area contributed by atoms with Gasteiger partial charge in [-0.2, -0.15) is 0 Å². The summed E-state index contributed by atoms with van der Waals surface area (Å²) in [6.07, 6.45) is 11.9. The Morgan fingerprint density at radius 1 is 0.657 bits per heavy atom. The quantitative estimate of drug-likeness (QED) is 0.115. The van der Waals surface area contributed by atoms with Gasteiger partial charge in [0, 0.05) is 13.0 Å². The Labute approximate surface area is 212 Å². The lowest BCUT2D eigenvalue weighted by molar-refractivity contribution is 0.0482. The molecule has 0 spiro atoms. The van der Waals surface area contributed by atoms with Gasteiger partial charge in [0.05, 0.1) is 24.9 Å². The topological polar surface area (TPSA) is 54.0 Å². The van der Waals surface area contributed by atoms with Crippen molar-refractivity contribution in [3.8, 4) is 17.2 Å². The minimum Gasteiger partial charge on any atom is -0.494 e. The SMILES string of the molecule is CCCCCCCCOc1ccc(C(=O)Oc2ccc(OCCC(C)OCCCCC)cc2)cc1. The van der Waals surface area contributed by atoms with Crippen LogP contribution in [0.5, 0.6) is 17.2 Å². The molecule has 0 saturated carbocycles. The maximum absolute atomic E-state index is 12.5. The second kappa shape index (κ2) is 17.8. The van der Waals surface area contributed by atoms with E-state index in [1.54, 1.807) is 24.3 Å². The molecule has 0 aliphatic heterocycles. The number of benzene rings is 2. The molecule has 35 heavy (non-hydrogen) atoms. The molecule has 0 aliphatic carbocycles. The van der Waals surface area contributed by atoms with Gasteiger partial charge in [0.25, 0.3) is 0 Å². The lowest BCUT2D eigenvalue weighted by Crippen LogP contribution is -2.13. The van der Waals surface area contributed by atoms with Gasteiger partial charge < -0.3 is 18.9 Å². The molecule has 0 radical (unpaired) electrons. The molecule has 5 nitrogen and oxygen atoms in total. The van der Waals surface area contributed by atoms with Crippen LogP contribution in [0.2, 0.25) is 0 Å². The summed E-state index contributed by atoms with van der Waals surface area (Å²) in [4.78, 5) is 12.5. The van der Waals surface area contributed by atoms with Gasteiger partial charge in [0.2, 0.25) is 0 Å². The normalized spacial score (nSPS) is 11.7. The lowest BCUT2D eigenvalue weighted by atomic mass is 10.1. The molecule has 2 aromatic carbocycles. The third kappa shape index (κ3) is 12.7. The van der Waals surface area contributed by atoms with Gasteiger partial charge in [0.15, 0.2) is 0 Å². The molecule has 0 aromatic heterocycles. The fourth-order valence-corrected chi connectivity index (χ4v) is 3.59. The van der Waals surface area contributed by atoms with Gasteiger partial charge in [-0.25, -0.2) is 4.79 Å². The second-order valence-corrected chi connectivity index (χ2v) is 9.03. The molecular formula is C30H44O5. The fourth-order valence-electron chi connectivity index (χ4n) is 3.59. The summed E-state index contributed by atoms with van der Waals surface area (Å²) in [6.45, 7) is 8.59. The van der Waals surface area contributed by atoms with Crippen molar-refractivity contribution in [2.75, 3.05) is 19.8 Å². The molecule has 5 heteroatoms. The first-order chi connectivity index (χ1) is 17.1. The maximum Gasteiger partial charge on any atom is 0.343 e. The van der Waals surface area contributed by atoms with Crippen LogP contribution in [0.15, 0.2) is 48.5 Å². The Morgan fingerprint density at radius 3 is 1.86 bits per heavy atom. The first kappa shape index (κ1) is 28.7. The van der Waals surface area contributed by atoms with Crippen LogP contribution in [-0.2, 0) is 4.74 Å². The fraction of sp³-hybridized carbons (Fsp3) is 0.567. The van der Waals surface area contributed by atoms with Gasteiger partial charge in [-0.3, -0.25) is 0 Å². The third-order valence-corrected chi connectivity index (χ3v) is 5.83. The first-order valence-electron chi connectivity index (χ1n) is 13.4. The highest BCUT2D eigenvalue weighted by molar-refractivity contribution is 5.91. The third-order valence-electron chi connectivity index (χ3n) is 5.83. The number of esters is 1. The van der Waals surface area contributed by atoms with Crippen molar-refractivity contribution in [3.63, 3.8) is 0 Å². The first-order valence-corrected chi connectivity index (χ1v) is 13.4. The molecule has 0 bridgehead atoms. The van der Waals surface area contributed by atoms with Crippen LogP contribution in [0.4, 0.5) is 0 Å². The number of ether oxygens (including phenoxy) is 4. The largest absolute Gasteiger partial charge is 0.494 e. The average molecular weight is 485 g/mol. The van der Waals surface area contributed by atoms with Gasteiger partial charge in [-0.05, 0) is 68.3 Å².